The molecule has 176 valence electrons. The molecule has 0 atom stereocenters. The van der Waals surface area contributed by atoms with Crippen molar-refractivity contribution < 1.29 is 14.2 Å². The maximum Gasteiger partial charge on any atom is 0.191 e. The number of hydrogen-bond donors (Lipinski definition) is 3. The minimum Gasteiger partial charge on any atom is -0.395 e. The van der Waals surface area contributed by atoms with Crippen molar-refractivity contribution in [1.82, 2.24) is 14.9 Å². The third-order valence-corrected chi connectivity index (χ3v) is 5.08. The highest BCUT2D eigenvalue weighted by Crippen LogP contribution is 2.27. The van der Waals surface area contributed by atoms with Crippen molar-refractivity contribution >= 4 is 23.4 Å². The Morgan fingerprint density at radius 3 is 2.39 bits per heavy atom. The summed E-state index contributed by atoms with van der Waals surface area (Å²) < 4.78 is 18.6. The van der Waals surface area contributed by atoms with Gasteiger partial charge in [0.1, 0.15) is 17.5 Å². The van der Waals surface area contributed by atoms with E-state index < -0.39 is 0 Å². The van der Waals surface area contributed by atoms with Gasteiger partial charge in [0.05, 0.1) is 6.61 Å². The van der Waals surface area contributed by atoms with Crippen molar-refractivity contribution in [3.05, 3.63) is 41.3 Å². The summed E-state index contributed by atoms with van der Waals surface area (Å²) in [5.41, 5.74) is 7.54. The number of hydrogen-bond acceptors (Lipinski definition) is 8. The number of nitrogen functional groups attached to an aromatic ring is 1. The van der Waals surface area contributed by atoms with Crippen LogP contribution in [0, 0.1) is 0 Å². The molecule has 2 heterocycles. The summed E-state index contributed by atoms with van der Waals surface area (Å²) in [5, 5.41) is 12.2. The van der Waals surface area contributed by atoms with Gasteiger partial charge < -0.3 is 25.8 Å². The Bertz CT molecular complexity index is 737. The van der Waals surface area contributed by atoms with Crippen LogP contribution in [-0.4, -0.2) is 73.2 Å². The summed E-state index contributed by atoms with van der Waals surface area (Å²) >= 11 is 1.30. The van der Waals surface area contributed by atoms with E-state index in [1.807, 2.05) is 0 Å². The van der Waals surface area contributed by atoms with Gasteiger partial charge in [0.25, 0.3) is 0 Å². The molecule has 0 amide bonds. The van der Waals surface area contributed by atoms with Crippen LogP contribution in [0.3, 0.4) is 0 Å². The van der Waals surface area contributed by atoms with E-state index in [1.54, 1.807) is 47.1 Å². The van der Waals surface area contributed by atoms with Gasteiger partial charge in [-0.3, -0.25) is 0 Å². The number of thioether (sulfide) groups is 1. The number of nitrogens with one attached hydrogen (secondary N) is 1. The van der Waals surface area contributed by atoms with Gasteiger partial charge in [-0.2, -0.15) is 0 Å². The zero-order valence-electron chi connectivity index (χ0n) is 19.7. The minimum atomic E-state index is -0.268. The van der Waals surface area contributed by atoms with Crippen LogP contribution in [0.25, 0.3) is 0 Å². The summed E-state index contributed by atoms with van der Waals surface area (Å²) in [6.07, 6.45) is 3.14. The first-order valence-electron chi connectivity index (χ1n) is 10.1. The largest absolute Gasteiger partial charge is 0.395 e. The molecule has 1 aliphatic rings. The van der Waals surface area contributed by atoms with Crippen LogP contribution in [0.1, 0.15) is 27.2 Å². The number of methoxy groups -OCH3 is 1. The van der Waals surface area contributed by atoms with Crippen LogP contribution in [0.2, 0.25) is 0 Å². The molecule has 1 aromatic heterocycles. The molecule has 1 fully saturated rings. The molecule has 1 saturated heterocycles. The molecule has 7 nitrogen and oxygen atoms in total. The van der Waals surface area contributed by atoms with Crippen molar-refractivity contribution in [2.24, 2.45) is 0 Å². The summed E-state index contributed by atoms with van der Waals surface area (Å²) in [6.45, 7) is 12.0. The molecule has 31 heavy (non-hydrogen) atoms. The second-order valence-electron chi connectivity index (χ2n) is 7.00. The van der Waals surface area contributed by atoms with Gasteiger partial charge in [-0.15, -0.1) is 0 Å². The van der Waals surface area contributed by atoms with E-state index >= 15 is 0 Å². The van der Waals surface area contributed by atoms with Crippen molar-refractivity contribution in [2.45, 2.75) is 32.3 Å². The molecule has 0 saturated carbocycles. The lowest BCUT2D eigenvalue weighted by molar-refractivity contribution is 0.229. The molecular formula is C22H38FN5O2S. The average molecular weight is 456 g/mol. The molecule has 1 aromatic rings. The third-order valence-electron chi connectivity index (χ3n) is 4.18. The van der Waals surface area contributed by atoms with Crippen LogP contribution < -0.4 is 11.1 Å². The molecular weight excluding hydrogens is 417 g/mol. The monoisotopic (exact) mass is 455 g/mol. The van der Waals surface area contributed by atoms with Crippen LogP contribution in [0.15, 0.2) is 46.4 Å². The summed E-state index contributed by atoms with van der Waals surface area (Å²) in [7, 11) is 5.39. The number of aliphatic hydroxyl groups is 1. The standard InChI is InChI=1S/C16H23FN4OS.C4H9N.C2H6O/c1-5-12(15(17)11(4)10(2)3)9-23-16-20-13(18)8-14(21-16)19-6-7-22;1-5-3-2-4-5;1-3-2/h5,8,22H,2,6-7,9H2,1,3-4H3,(H3,18,19,20,21);2-4H2,1H3;1-2H3/b12-5-,15-11+;;. The van der Waals surface area contributed by atoms with Crippen LogP contribution in [0.5, 0.6) is 0 Å². The normalized spacial score (nSPS) is 14.3. The van der Waals surface area contributed by atoms with E-state index in [0.29, 0.717) is 45.8 Å². The fourth-order valence-electron chi connectivity index (χ4n) is 2.10. The van der Waals surface area contributed by atoms with Crippen molar-refractivity contribution in [3.8, 4) is 0 Å². The summed E-state index contributed by atoms with van der Waals surface area (Å²) in [6, 6.07) is 1.59. The predicted molar refractivity (Wildman–Crippen MR) is 130 cm³/mol. The number of likely N-dealkylation sites (tertiary alicyclic amines) is 1. The Kier molecular flexibility index (Phi) is 15.7. The zero-order chi connectivity index (χ0) is 23.8. The van der Waals surface area contributed by atoms with E-state index in [4.69, 9.17) is 10.8 Å². The summed E-state index contributed by atoms with van der Waals surface area (Å²) in [5.74, 6) is 0.967. The van der Waals surface area contributed by atoms with Crippen molar-refractivity contribution in [2.75, 3.05) is 64.3 Å². The Morgan fingerprint density at radius 2 is 1.97 bits per heavy atom. The average Bonchev–Trinajstić information content (AvgIpc) is 2.71. The molecule has 0 aliphatic carbocycles. The molecule has 0 bridgehead atoms. The Balaban J connectivity index is 0.000000942. The van der Waals surface area contributed by atoms with Crippen LogP contribution in [0.4, 0.5) is 16.0 Å². The highest BCUT2D eigenvalue weighted by Gasteiger charge is 2.11. The lowest BCUT2D eigenvalue weighted by atomic mass is 10.1. The maximum absolute atomic E-state index is 14.4. The van der Waals surface area contributed by atoms with Gasteiger partial charge >= 0.3 is 0 Å². The minimum absolute atomic E-state index is 0.00864. The highest BCUT2D eigenvalue weighted by molar-refractivity contribution is 7.99. The van der Waals surface area contributed by atoms with Crippen LogP contribution >= 0.6 is 11.8 Å². The van der Waals surface area contributed by atoms with E-state index in [0.717, 1.165) is 0 Å². The van der Waals surface area contributed by atoms with Gasteiger partial charge in [-0.1, -0.05) is 30.0 Å². The SMILES string of the molecule is C=C(C)/C(C)=C(F)\C(=C/C)CSc1nc(N)cc(NCCO)n1.CN1CCC1.COC. The predicted octanol–water partition coefficient (Wildman–Crippen LogP) is 3.91. The molecule has 0 spiro atoms. The smallest absolute Gasteiger partial charge is 0.191 e. The van der Waals surface area contributed by atoms with Gasteiger partial charge in [0.15, 0.2) is 5.16 Å². The number of ether oxygens (including phenoxy) is 1. The van der Waals surface area contributed by atoms with Gasteiger partial charge in [0, 0.05) is 32.6 Å². The first kappa shape index (κ1) is 29.1. The lowest BCUT2D eigenvalue weighted by Crippen LogP contribution is -2.32. The van der Waals surface area contributed by atoms with E-state index in [2.05, 4.69) is 38.5 Å². The summed E-state index contributed by atoms with van der Waals surface area (Å²) in [4.78, 5) is 10.7. The number of rotatable bonds is 8. The number of nitrogens with zero attached hydrogens (tertiary/aromatic N) is 3. The molecule has 9 heteroatoms. The van der Waals surface area contributed by atoms with Gasteiger partial charge in [-0.25, -0.2) is 14.4 Å². The van der Waals surface area contributed by atoms with Crippen LogP contribution in [-0.2, 0) is 4.74 Å². The zero-order valence-corrected chi connectivity index (χ0v) is 20.5. The molecule has 0 unspecified atom stereocenters. The Labute approximate surface area is 190 Å². The Morgan fingerprint density at radius 1 is 1.39 bits per heavy atom. The number of allylic oxidation sites excluding steroid dienone is 4. The fraction of sp³-hybridized carbons (Fsp3) is 0.545. The number of aromatic nitrogens is 2. The first-order chi connectivity index (χ1) is 14.7. The lowest BCUT2D eigenvalue weighted by Gasteiger charge is -2.24. The maximum atomic E-state index is 14.4. The molecule has 4 N–H and O–H groups in total. The number of nitrogens with two attached hydrogens (primary N) is 1. The van der Waals surface area contributed by atoms with Gasteiger partial charge in [0.2, 0.25) is 0 Å². The molecule has 0 aromatic carbocycles. The fourth-order valence-corrected chi connectivity index (χ4v) is 3.01. The molecule has 0 radical (unpaired) electrons. The van der Waals surface area contributed by atoms with Crippen molar-refractivity contribution in [1.29, 1.82) is 0 Å². The third kappa shape index (κ3) is 12.5. The van der Waals surface area contributed by atoms with E-state index in [1.165, 1.54) is 31.3 Å². The second-order valence-corrected chi connectivity index (χ2v) is 7.94. The Hall–Kier alpha value is -1.94. The van der Waals surface area contributed by atoms with E-state index in [9.17, 15) is 4.39 Å². The first-order valence-corrected chi connectivity index (χ1v) is 11.1. The topological polar surface area (TPSA) is 96.5 Å². The number of aliphatic hydroxyl groups excluding tert-OH is 1. The highest BCUT2D eigenvalue weighted by atomic mass is 32.2. The number of anilines is 2. The van der Waals surface area contributed by atoms with Crippen molar-refractivity contribution in [3.63, 3.8) is 0 Å². The van der Waals surface area contributed by atoms with E-state index in [-0.39, 0.29) is 12.4 Å². The molecule has 1 aliphatic heterocycles. The second kappa shape index (κ2) is 16.7. The number of halogens is 1. The van der Waals surface area contributed by atoms with Gasteiger partial charge in [-0.05, 0) is 58.5 Å². The molecule has 2 rings (SSSR count). The quantitative estimate of drug-likeness (QED) is 0.308.